The molecular weight excluding hydrogens is 280 g/mol. The van der Waals surface area contributed by atoms with Crippen LogP contribution in [0.15, 0.2) is 18.2 Å². The van der Waals surface area contributed by atoms with Crippen LogP contribution < -0.4 is 9.47 Å². The van der Waals surface area contributed by atoms with Crippen molar-refractivity contribution in [1.82, 2.24) is 9.80 Å². The number of aliphatic hydroxyl groups is 1. The third kappa shape index (κ3) is 4.12. The van der Waals surface area contributed by atoms with Crippen LogP contribution in [0.1, 0.15) is 24.5 Å². The number of nitrogens with zero attached hydrogens (tertiary/aromatic N) is 2. The summed E-state index contributed by atoms with van der Waals surface area (Å²) >= 11 is 0. The quantitative estimate of drug-likeness (QED) is 0.868. The van der Waals surface area contributed by atoms with Gasteiger partial charge in [-0.1, -0.05) is 0 Å². The van der Waals surface area contributed by atoms with Crippen LogP contribution in [0, 0.1) is 0 Å². The SMILES string of the molecule is COc1ccc(C(O)CN(C)C2CCN(C)CC2)c(OC)c1. The highest BCUT2D eigenvalue weighted by atomic mass is 16.5. The summed E-state index contributed by atoms with van der Waals surface area (Å²) in [5, 5.41) is 10.6. The second kappa shape index (κ2) is 7.81. The van der Waals surface area contributed by atoms with E-state index in [0.29, 0.717) is 18.3 Å². The van der Waals surface area contributed by atoms with Crippen molar-refractivity contribution < 1.29 is 14.6 Å². The summed E-state index contributed by atoms with van der Waals surface area (Å²) in [4.78, 5) is 4.62. The van der Waals surface area contributed by atoms with Crippen molar-refractivity contribution in [3.63, 3.8) is 0 Å². The average molecular weight is 308 g/mol. The number of benzene rings is 1. The lowest BCUT2D eigenvalue weighted by Crippen LogP contribution is -2.43. The van der Waals surface area contributed by atoms with Crippen LogP contribution in [0.4, 0.5) is 0 Å². The van der Waals surface area contributed by atoms with Crippen LogP contribution in [0.2, 0.25) is 0 Å². The molecule has 0 aromatic heterocycles. The molecule has 5 nitrogen and oxygen atoms in total. The predicted molar refractivity (Wildman–Crippen MR) is 87.7 cm³/mol. The number of aliphatic hydroxyl groups excluding tert-OH is 1. The highest BCUT2D eigenvalue weighted by molar-refractivity contribution is 5.42. The summed E-state index contributed by atoms with van der Waals surface area (Å²) in [6.07, 6.45) is 1.74. The van der Waals surface area contributed by atoms with Gasteiger partial charge in [0.05, 0.1) is 20.3 Å². The van der Waals surface area contributed by atoms with Gasteiger partial charge in [0.2, 0.25) is 0 Å². The molecule has 0 amide bonds. The first-order chi connectivity index (χ1) is 10.5. The summed E-state index contributed by atoms with van der Waals surface area (Å²) in [6.45, 7) is 2.85. The van der Waals surface area contributed by atoms with Crippen LogP contribution in [-0.2, 0) is 0 Å². The number of piperidine rings is 1. The third-order valence-electron chi connectivity index (χ3n) is 4.57. The predicted octanol–water partition coefficient (Wildman–Crippen LogP) is 1.76. The minimum atomic E-state index is -0.564. The fourth-order valence-corrected chi connectivity index (χ4v) is 3.05. The maximum Gasteiger partial charge on any atom is 0.128 e. The third-order valence-corrected chi connectivity index (χ3v) is 4.57. The first-order valence-corrected chi connectivity index (χ1v) is 7.84. The first kappa shape index (κ1) is 17.1. The van der Waals surface area contributed by atoms with E-state index < -0.39 is 6.10 Å². The second-order valence-electron chi connectivity index (χ2n) is 6.10. The van der Waals surface area contributed by atoms with E-state index in [9.17, 15) is 5.11 Å². The molecule has 0 aliphatic carbocycles. The van der Waals surface area contributed by atoms with Crippen LogP contribution in [0.3, 0.4) is 0 Å². The Morgan fingerprint density at radius 3 is 2.55 bits per heavy atom. The lowest BCUT2D eigenvalue weighted by Gasteiger charge is -2.36. The summed E-state index contributed by atoms with van der Waals surface area (Å²) in [5.41, 5.74) is 0.808. The molecule has 1 unspecified atom stereocenters. The van der Waals surface area contributed by atoms with Crippen molar-refractivity contribution in [3.8, 4) is 11.5 Å². The molecule has 2 rings (SSSR count). The Hall–Kier alpha value is -1.30. The van der Waals surface area contributed by atoms with Crippen LogP contribution in [0.5, 0.6) is 11.5 Å². The van der Waals surface area contributed by atoms with Crippen molar-refractivity contribution in [1.29, 1.82) is 0 Å². The molecule has 1 aliphatic rings. The molecule has 0 saturated carbocycles. The average Bonchev–Trinajstić information content (AvgIpc) is 2.54. The van der Waals surface area contributed by atoms with Crippen molar-refractivity contribution in [2.24, 2.45) is 0 Å². The molecular formula is C17H28N2O3. The van der Waals surface area contributed by atoms with Gasteiger partial charge in [-0.3, -0.25) is 0 Å². The molecule has 1 aromatic rings. The number of likely N-dealkylation sites (N-methyl/N-ethyl adjacent to an activating group) is 1. The summed E-state index contributed by atoms with van der Waals surface area (Å²) < 4.78 is 10.6. The van der Waals surface area contributed by atoms with Gasteiger partial charge in [0.25, 0.3) is 0 Å². The molecule has 5 heteroatoms. The molecule has 1 aliphatic heterocycles. The fourth-order valence-electron chi connectivity index (χ4n) is 3.05. The van der Waals surface area contributed by atoms with Crippen molar-refractivity contribution in [3.05, 3.63) is 23.8 Å². The molecule has 124 valence electrons. The van der Waals surface area contributed by atoms with E-state index in [1.165, 1.54) is 0 Å². The number of ether oxygens (including phenoxy) is 2. The number of methoxy groups -OCH3 is 2. The number of likely N-dealkylation sites (tertiary alicyclic amines) is 1. The van der Waals surface area contributed by atoms with E-state index in [-0.39, 0.29) is 0 Å². The Morgan fingerprint density at radius 2 is 1.95 bits per heavy atom. The van der Waals surface area contributed by atoms with Crippen LogP contribution in [0.25, 0.3) is 0 Å². The Bertz CT molecular complexity index is 473. The molecule has 0 bridgehead atoms. The Labute approximate surface area is 133 Å². The van der Waals surface area contributed by atoms with Gasteiger partial charge in [0.15, 0.2) is 0 Å². The molecule has 1 N–H and O–H groups in total. The Morgan fingerprint density at radius 1 is 1.27 bits per heavy atom. The largest absolute Gasteiger partial charge is 0.497 e. The molecule has 0 radical (unpaired) electrons. The van der Waals surface area contributed by atoms with Gasteiger partial charge in [-0.2, -0.15) is 0 Å². The van der Waals surface area contributed by atoms with E-state index in [0.717, 1.165) is 37.2 Å². The van der Waals surface area contributed by atoms with Gasteiger partial charge in [-0.25, -0.2) is 0 Å². The maximum atomic E-state index is 10.6. The van der Waals surface area contributed by atoms with Crippen LogP contribution >= 0.6 is 0 Å². The van der Waals surface area contributed by atoms with Gasteiger partial charge < -0.3 is 24.4 Å². The number of rotatable bonds is 6. The van der Waals surface area contributed by atoms with E-state index in [1.807, 2.05) is 18.2 Å². The van der Waals surface area contributed by atoms with Gasteiger partial charge in [0.1, 0.15) is 11.5 Å². The smallest absolute Gasteiger partial charge is 0.128 e. The molecule has 0 spiro atoms. The van der Waals surface area contributed by atoms with Crippen molar-refractivity contribution >= 4 is 0 Å². The first-order valence-electron chi connectivity index (χ1n) is 7.84. The Balaban J connectivity index is 2.00. The summed E-state index contributed by atoms with van der Waals surface area (Å²) in [5.74, 6) is 1.40. The number of hydrogen-bond acceptors (Lipinski definition) is 5. The molecule has 1 fully saturated rings. The zero-order valence-corrected chi connectivity index (χ0v) is 14.1. The zero-order chi connectivity index (χ0) is 16.1. The lowest BCUT2D eigenvalue weighted by atomic mass is 10.0. The van der Waals surface area contributed by atoms with Gasteiger partial charge in [0, 0.05) is 24.2 Å². The second-order valence-corrected chi connectivity index (χ2v) is 6.10. The van der Waals surface area contributed by atoms with Crippen molar-refractivity contribution in [2.75, 3.05) is 47.9 Å². The highest BCUT2D eigenvalue weighted by Crippen LogP contribution is 2.30. The maximum absolute atomic E-state index is 10.6. The number of hydrogen-bond donors (Lipinski definition) is 1. The molecule has 1 saturated heterocycles. The molecule has 1 atom stereocenters. The monoisotopic (exact) mass is 308 g/mol. The summed E-state index contributed by atoms with van der Waals surface area (Å²) in [6, 6.07) is 6.09. The van der Waals surface area contributed by atoms with E-state index in [1.54, 1.807) is 14.2 Å². The molecule has 1 aromatic carbocycles. The molecule has 22 heavy (non-hydrogen) atoms. The minimum Gasteiger partial charge on any atom is -0.497 e. The topological polar surface area (TPSA) is 45.2 Å². The lowest BCUT2D eigenvalue weighted by molar-refractivity contribution is 0.0775. The Kier molecular flexibility index (Phi) is 6.06. The van der Waals surface area contributed by atoms with Crippen LogP contribution in [-0.4, -0.2) is 68.9 Å². The standard InChI is InChI=1S/C17H28N2O3/c1-18-9-7-13(8-10-18)19(2)12-16(20)15-6-5-14(21-3)11-17(15)22-4/h5-6,11,13,16,20H,7-10,12H2,1-4H3. The van der Waals surface area contributed by atoms with Gasteiger partial charge in [-0.15, -0.1) is 0 Å². The fraction of sp³-hybridized carbons (Fsp3) is 0.647. The van der Waals surface area contributed by atoms with Crippen molar-refractivity contribution in [2.45, 2.75) is 25.0 Å². The van der Waals surface area contributed by atoms with E-state index in [2.05, 4.69) is 23.9 Å². The van der Waals surface area contributed by atoms with Gasteiger partial charge >= 0.3 is 0 Å². The highest BCUT2D eigenvalue weighted by Gasteiger charge is 2.23. The van der Waals surface area contributed by atoms with E-state index >= 15 is 0 Å². The van der Waals surface area contributed by atoms with E-state index in [4.69, 9.17) is 9.47 Å². The molecule has 1 heterocycles. The normalized spacial score (nSPS) is 18.5. The zero-order valence-electron chi connectivity index (χ0n) is 14.1. The summed E-state index contributed by atoms with van der Waals surface area (Å²) in [7, 11) is 7.49. The van der Waals surface area contributed by atoms with Gasteiger partial charge in [-0.05, 0) is 52.2 Å². The minimum absolute atomic E-state index is 0.537.